The molecule has 4 nitrogen and oxygen atoms in total. The minimum absolute atomic E-state index is 0.111. The van der Waals surface area contributed by atoms with Gasteiger partial charge in [-0.15, -0.1) is 0 Å². The molecule has 0 unspecified atom stereocenters. The second kappa shape index (κ2) is 5.43. The van der Waals surface area contributed by atoms with Crippen molar-refractivity contribution in [1.82, 2.24) is 4.98 Å². The van der Waals surface area contributed by atoms with Gasteiger partial charge in [0.05, 0.1) is 6.20 Å². The second-order valence-corrected chi connectivity index (χ2v) is 3.78. The van der Waals surface area contributed by atoms with E-state index in [9.17, 15) is 13.6 Å². The van der Waals surface area contributed by atoms with Gasteiger partial charge in [-0.3, -0.25) is 4.79 Å². The topological polar surface area (TPSA) is 65.2 Å². The molecule has 0 aliphatic carbocycles. The van der Waals surface area contributed by atoms with Crippen molar-refractivity contribution in [3.63, 3.8) is 0 Å². The van der Waals surface area contributed by atoms with Crippen LogP contribution in [0, 0.1) is 11.8 Å². The number of carbonyl (C=O) groups excluding carboxylic acids is 1. The molecule has 2 N–H and O–H groups in total. The van der Waals surface area contributed by atoms with Crippen molar-refractivity contribution in [3.8, 4) is 5.75 Å². The largest absolute Gasteiger partial charge is 0.487 e. The molecule has 19 heavy (non-hydrogen) atoms. The molecule has 0 fully saturated rings. The number of benzene rings is 1. The number of hydrogen-bond acceptors (Lipinski definition) is 3. The predicted octanol–water partition coefficient (Wildman–Crippen LogP) is 2.04. The number of pyridine rings is 1. The highest BCUT2D eigenvalue weighted by atomic mass is 19.1. The van der Waals surface area contributed by atoms with Crippen molar-refractivity contribution >= 4 is 5.91 Å². The van der Waals surface area contributed by atoms with Gasteiger partial charge >= 0.3 is 0 Å². The van der Waals surface area contributed by atoms with Gasteiger partial charge in [-0.1, -0.05) is 0 Å². The second-order valence-electron chi connectivity index (χ2n) is 3.78. The summed E-state index contributed by atoms with van der Waals surface area (Å²) in [6.07, 6.45) is 1.19. The summed E-state index contributed by atoms with van der Waals surface area (Å²) in [7, 11) is 0. The summed E-state index contributed by atoms with van der Waals surface area (Å²) in [4.78, 5) is 14.4. The van der Waals surface area contributed by atoms with E-state index >= 15 is 0 Å². The van der Waals surface area contributed by atoms with Crippen LogP contribution in [0.5, 0.6) is 5.75 Å². The molecule has 0 aliphatic rings. The Bertz CT molecular complexity index is 600. The third-order valence-corrected chi connectivity index (χ3v) is 2.42. The van der Waals surface area contributed by atoms with Gasteiger partial charge in [0.2, 0.25) is 11.9 Å². The molecule has 0 radical (unpaired) electrons. The molecule has 1 heterocycles. The molecular formula is C13H10F2N2O2. The fraction of sp³-hybridized carbons (Fsp3) is 0.0769. The fourth-order valence-corrected chi connectivity index (χ4v) is 1.45. The summed E-state index contributed by atoms with van der Waals surface area (Å²) in [6.45, 7) is -0.111. The lowest BCUT2D eigenvalue weighted by molar-refractivity contribution is 0.1000. The van der Waals surface area contributed by atoms with E-state index in [-0.39, 0.29) is 17.7 Å². The van der Waals surface area contributed by atoms with Crippen LogP contribution < -0.4 is 10.5 Å². The van der Waals surface area contributed by atoms with Crippen LogP contribution in [-0.2, 0) is 6.61 Å². The number of ether oxygens (including phenoxy) is 1. The maximum atomic E-state index is 13.5. The van der Waals surface area contributed by atoms with Gasteiger partial charge in [0, 0.05) is 11.1 Å². The van der Waals surface area contributed by atoms with E-state index in [0.717, 1.165) is 12.1 Å². The number of amides is 1. The molecule has 1 aromatic carbocycles. The van der Waals surface area contributed by atoms with Crippen molar-refractivity contribution in [2.45, 2.75) is 6.61 Å². The van der Waals surface area contributed by atoms with Crippen molar-refractivity contribution in [2.24, 2.45) is 5.73 Å². The van der Waals surface area contributed by atoms with Crippen molar-refractivity contribution in [2.75, 3.05) is 0 Å². The summed E-state index contributed by atoms with van der Waals surface area (Å²) in [5, 5.41) is 0. The average Bonchev–Trinajstić information content (AvgIpc) is 2.39. The van der Waals surface area contributed by atoms with E-state index in [2.05, 4.69) is 4.98 Å². The van der Waals surface area contributed by atoms with Gasteiger partial charge < -0.3 is 10.5 Å². The van der Waals surface area contributed by atoms with Gasteiger partial charge in [-0.2, -0.15) is 4.39 Å². The van der Waals surface area contributed by atoms with Crippen LogP contribution in [0.2, 0.25) is 0 Å². The molecule has 0 aliphatic heterocycles. The third-order valence-electron chi connectivity index (χ3n) is 2.42. The quantitative estimate of drug-likeness (QED) is 0.859. The predicted molar refractivity (Wildman–Crippen MR) is 63.4 cm³/mol. The van der Waals surface area contributed by atoms with E-state index in [0.29, 0.717) is 5.75 Å². The summed E-state index contributed by atoms with van der Waals surface area (Å²) in [5.41, 5.74) is 5.48. The SMILES string of the molecule is NC(=O)c1ccc(F)c(COc2ccc(F)nc2)c1. The smallest absolute Gasteiger partial charge is 0.248 e. The minimum Gasteiger partial charge on any atom is -0.487 e. The van der Waals surface area contributed by atoms with Gasteiger partial charge in [0.1, 0.15) is 18.2 Å². The highest BCUT2D eigenvalue weighted by Crippen LogP contribution is 2.15. The molecule has 6 heteroatoms. The van der Waals surface area contributed by atoms with Crippen molar-refractivity contribution in [3.05, 3.63) is 59.4 Å². The van der Waals surface area contributed by atoms with Crippen molar-refractivity contribution in [1.29, 1.82) is 0 Å². The van der Waals surface area contributed by atoms with E-state index in [4.69, 9.17) is 10.5 Å². The van der Waals surface area contributed by atoms with Crippen LogP contribution >= 0.6 is 0 Å². The normalized spacial score (nSPS) is 10.2. The van der Waals surface area contributed by atoms with Crippen LogP contribution in [-0.4, -0.2) is 10.9 Å². The molecule has 0 saturated carbocycles. The Kier molecular flexibility index (Phi) is 3.70. The number of aromatic nitrogens is 1. The van der Waals surface area contributed by atoms with Crippen LogP contribution in [0.25, 0.3) is 0 Å². The molecule has 1 aromatic heterocycles. The lowest BCUT2D eigenvalue weighted by atomic mass is 10.1. The first-order valence-corrected chi connectivity index (χ1v) is 5.39. The van der Waals surface area contributed by atoms with Gasteiger partial charge in [-0.05, 0) is 30.3 Å². The molecule has 98 valence electrons. The summed E-state index contributed by atoms with van der Waals surface area (Å²) < 4.78 is 31.3. The van der Waals surface area contributed by atoms with Crippen LogP contribution in [0.1, 0.15) is 15.9 Å². The molecule has 0 saturated heterocycles. The van der Waals surface area contributed by atoms with E-state index in [1.54, 1.807) is 0 Å². The highest BCUT2D eigenvalue weighted by Gasteiger charge is 2.08. The number of nitrogens with two attached hydrogens (primary N) is 1. The maximum absolute atomic E-state index is 13.5. The minimum atomic E-state index is -0.648. The Hall–Kier alpha value is -2.50. The van der Waals surface area contributed by atoms with E-state index < -0.39 is 17.7 Å². The number of primary amides is 1. The van der Waals surface area contributed by atoms with Gasteiger partial charge in [0.15, 0.2) is 0 Å². The number of hydrogen-bond donors (Lipinski definition) is 1. The van der Waals surface area contributed by atoms with E-state index in [1.165, 1.54) is 24.4 Å². The maximum Gasteiger partial charge on any atom is 0.248 e. The number of nitrogens with zero attached hydrogens (tertiary/aromatic N) is 1. The average molecular weight is 264 g/mol. The highest BCUT2D eigenvalue weighted by molar-refractivity contribution is 5.92. The number of carbonyl (C=O) groups is 1. The van der Waals surface area contributed by atoms with Crippen molar-refractivity contribution < 1.29 is 18.3 Å². The summed E-state index contributed by atoms with van der Waals surface area (Å²) >= 11 is 0. The lowest BCUT2D eigenvalue weighted by Crippen LogP contribution is -2.12. The summed E-state index contributed by atoms with van der Waals surface area (Å²) in [6, 6.07) is 6.25. The fourth-order valence-electron chi connectivity index (χ4n) is 1.45. The Morgan fingerprint density at radius 1 is 1.26 bits per heavy atom. The summed E-state index contributed by atoms with van der Waals surface area (Å²) in [5.74, 6) is -1.50. The zero-order valence-corrected chi connectivity index (χ0v) is 9.77. The Morgan fingerprint density at radius 2 is 2.05 bits per heavy atom. The first-order valence-electron chi connectivity index (χ1n) is 5.39. The zero-order valence-electron chi connectivity index (χ0n) is 9.77. The van der Waals surface area contributed by atoms with Gasteiger partial charge in [-0.25, -0.2) is 9.37 Å². The monoisotopic (exact) mass is 264 g/mol. The van der Waals surface area contributed by atoms with Crippen LogP contribution in [0.4, 0.5) is 8.78 Å². The molecule has 2 rings (SSSR count). The standard InChI is InChI=1S/C13H10F2N2O2/c14-11-3-1-8(13(16)18)5-9(11)7-19-10-2-4-12(15)17-6-10/h1-6H,7H2,(H2,16,18). The third kappa shape index (κ3) is 3.25. The zero-order chi connectivity index (χ0) is 13.8. The number of halogens is 2. The first kappa shape index (κ1) is 12.9. The van der Waals surface area contributed by atoms with Gasteiger partial charge in [0.25, 0.3) is 0 Å². The molecule has 0 spiro atoms. The van der Waals surface area contributed by atoms with Crippen LogP contribution in [0.15, 0.2) is 36.5 Å². The Morgan fingerprint density at radius 3 is 2.68 bits per heavy atom. The molecular weight excluding hydrogens is 254 g/mol. The first-order chi connectivity index (χ1) is 9.06. The number of rotatable bonds is 4. The molecule has 0 atom stereocenters. The molecule has 0 bridgehead atoms. The molecule has 1 amide bonds. The lowest BCUT2D eigenvalue weighted by Gasteiger charge is -2.07. The Labute approximate surface area is 107 Å². The van der Waals surface area contributed by atoms with Crippen LogP contribution in [0.3, 0.4) is 0 Å². The molecule has 2 aromatic rings. The van der Waals surface area contributed by atoms with E-state index in [1.807, 2.05) is 0 Å². The Balaban J connectivity index is 2.12.